The number of aliphatic hydroxyl groups excluding tert-OH is 1. The van der Waals surface area contributed by atoms with Gasteiger partial charge < -0.3 is 20.2 Å². The lowest BCUT2D eigenvalue weighted by Crippen LogP contribution is -2.30. The van der Waals surface area contributed by atoms with Gasteiger partial charge in [0, 0.05) is 24.0 Å². The van der Waals surface area contributed by atoms with Gasteiger partial charge in [0.1, 0.15) is 11.6 Å². The fourth-order valence-corrected chi connectivity index (χ4v) is 2.45. The third-order valence-electron chi connectivity index (χ3n) is 4.04. The van der Waals surface area contributed by atoms with Gasteiger partial charge in [-0.15, -0.1) is 0 Å². The summed E-state index contributed by atoms with van der Waals surface area (Å²) in [6, 6.07) is 9.30. The lowest BCUT2D eigenvalue weighted by Gasteiger charge is -2.20. The van der Waals surface area contributed by atoms with Crippen LogP contribution in [0.25, 0.3) is 11.3 Å². The monoisotopic (exact) mass is 353 g/mol. The van der Waals surface area contributed by atoms with Gasteiger partial charge in [-0.1, -0.05) is 13.8 Å². The minimum absolute atomic E-state index is 0.00959. The summed E-state index contributed by atoms with van der Waals surface area (Å²) in [5, 5.41) is 16.1. The number of furan rings is 1. The van der Waals surface area contributed by atoms with E-state index in [0.717, 1.165) is 17.0 Å². The Labute approximate surface area is 152 Å². The lowest BCUT2D eigenvalue weighted by atomic mass is 10.1. The predicted molar refractivity (Wildman–Crippen MR) is 101 cm³/mol. The second-order valence-corrected chi connectivity index (χ2v) is 6.31. The molecule has 0 aliphatic rings. The molecule has 0 unspecified atom stereocenters. The molecule has 7 heteroatoms. The number of nitrogens with zero attached hydrogens (tertiary/aromatic N) is 3. The fraction of sp³-hybridized carbons (Fsp3) is 0.316. The van der Waals surface area contributed by atoms with E-state index < -0.39 is 0 Å². The Bertz CT molecular complexity index is 806. The van der Waals surface area contributed by atoms with Crippen molar-refractivity contribution in [2.45, 2.75) is 26.4 Å². The molecular formula is C19H23N5O2. The van der Waals surface area contributed by atoms with Gasteiger partial charge >= 0.3 is 0 Å². The SMILES string of the molecule is CC(C)[C@H](CO)Nc1nc(NCc2ccco2)cc(-c2ccncc2)n1. The highest BCUT2D eigenvalue weighted by Gasteiger charge is 2.15. The molecule has 26 heavy (non-hydrogen) atoms. The van der Waals surface area contributed by atoms with Gasteiger partial charge in [-0.2, -0.15) is 4.98 Å². The number of nitrogens with one attached hydrogen (secondary N) is 2. The van der Waals surface area contributed by atoms with Gasteiger partial charge in [-0.3, -0.25) is 4.98 Å². The molecule has 0 amide bonds. The zero-order valence-electron chi connectivity index (χ0n) is 14.9. The van der Waals surface area contributed by atoms with Gasteiger partial charge in [0.25, 0.3) is 0 Å². The van der Waals surface area contributed by atoms with Crippen LogP contribution in [0.5, 0.6) is 0 Å². The van der Waals surface area contributed by atoms with Crippen molar-refractivity contribution < 1.29 is 9.52 Å². The maximum atomic E-state index is 9.59. The maximum Gasteiger partial charge on any atom is 0.225 e. The zero-order chi connectivity index (χ0) is 18.4. The van der Waals surface area contributed by atoms with Crippen molar-refractivity contribution in [1.82, 2.24) is 15.0 Å². The van der Waals surface area contributed by atoms with Gasteiger partial charge in [0.15, 0.2) is 0 Å². The lowest BCUT2D eigenvalue weighted by molar-refractivity contribution is 0.248. The molecule has 0 saturated carbocycles. The molecule has 0 aliphatic carbocycles. The number of hydrogen-bond acceptors (Lipinski definition) is 7. The fourth-order valence-electron chi connectivity index (χ4n) is 2.45. The number of aromatic nitrogens is 3. The van der Waals surface area contributed by atoms with Crippen LogP contribution < -0.4 is 10.6 Å². The largest absolute Gasteiger partial charge is 0.467 e. The number of anilines is 2. The van der Waals surface area contributed by atoms with Crippen molar-refractivity contribution in [2.75, 3.05) is 17.2 Å². The first-order chi connectivity index (χ1) is 12.7. The molecule has 3 heterocycles. The summed E-state index contributed by atoms with van der Waals surface area (Å²) in [7, 11) is 0. The van der Waals surface area contributed by atoms with Crippen molar-refractivity contribution in [3.05, 3.63) is 54.7 Å². The van der Waals surface area contributed by atoms with E-state index >= 15 is 0 Å². The van der Waals surface area contributed by atoms with Gasteiger partial charge in [-0.05, 0) is 30.2 Å². The molecule has 0 aliphatic heterocycles. The van der Waals surface area contributed by atoms with Crippen LogP contribution in [-0.2, 0) is 6.54 Å². The molecule has 3 aromatic rings. The normalized spacial score (nSPS) is 12.2. The molecule has 0 fully saturated rings. The average Bonchev–Trinajstić information content (AvgIpc) is 3.18. The zero-order valence-corrected chi connectivity index (χ0v) is 14.9. The highest BCUT2D eigenvalue weighted by Crippen LogP contribution is 2.22. The first-order valence-corrected chi connectivity index (χ1v) is 8.59. The van der Waals surface area contributed by atoms with Crippen LogP contribution in [-0.4, -0.2) is 32.7 Å². The van der Waals surface area contributed by atoms with Crippen LogP contribution in [0.2, 0.25) is 0 Å². The summed E-state index contributed by atoms with van der Waals surface area (Å²) >= 11 is 0. The molecule has 1 atom stereocenters. The molecule has 0 radical (unpaired) electrons. The summed E-state index contributed by atoms with van der Waals surface area (Å²) in [4.78, 5) is 13.2. The highest BCUT2D eigenvalue weighted by molar-refractivity contribution is 5.64. The summed E-state index contributed by atoms with van der Waals surface area (Å²) in [5.41, 5.74) is 1.71. The van der Waals surface area contributed by atoms with Crippen molar-refractivity contribution in [3.8, 4) is 11.3 Å². The van der Waals surface area contributed by atoms with Crippen LogP contribution >= 0.6 is 0 Å². The molecule has 0 spiro atoms. The van der Waals surface area contributed by atoms with E-state index in [1.165, 1.54) is 0 Å². The van der Waals surface area contributed by atoms with E-state index in [9.17, 15) is 5.11 Å². The minimum atomic E-state index is -0.124. The topological polar surface area (TPSA) is 96.1 Å². The van der Waals surface area contributed by atoms with E-state index in [-0.39, 0.29) is 18.6 Å². The Balaban J connectivity index is 1.88. The third-order valence-corrected chi connectivity index (χ3v) is 4.04. The van der Waals surface area contributed by atoms with Gasteiger partial charge in [0.05, 0.1) is 31.2 Å². The molecule has 0 aromatic carbocycles. The Morgan fingerprint density at radius 1 is 1.15 bits per heavy atom. The van der Waals surface area contributed by atoms with Crippen molar-refractivity contribution in [2.24, 2.45) is 5.92 Å². The van der Waals surface area contributed by atoms with E-state index in [4.69, 9.17) is 4.42 Å². The quantitative estimate of drug-likeness (QED) is 0.572. The molecule has 0 bridgehead atoms. The van der Waals surface area contributed by atoms with Gasteiger partial charge in [0.2, 0.25) is 5.95 Å². The van der Waals surface area contributed by atoms with Crippen LogP contribution in [0.15, 0.2) is 53.4 Å². The van der Waals surface area contributed by atoms with Crippen LogP contribution in [0.3, 0.4) is 0 Å². The molecular weight excluding hydrogens is 330 g/mol. The number of rotatable bonds is 8. The summed E-state index contributed by atoms with van der Waals surface area (Å²) < 4.78 is 5.35. The second-order valence-electron chi connectivity index (χ2n) is 6.31. The van der Waals surface area contributed by atoms with Crippen LogP contribution in [0.1, 0.15) is 19.6 Å². The molecule has 136 valence electrons. The maximum absolute atomic E-state index is 9.59. The van der Waals surface area contributed by atoms with Crippen molar-refractivity contribution >= 4 is 11.8 Å². The Hall–Kier alpha value is -2.93. The van der Waals surface area contributed by atoms with Crippen LogP contribution in [0.4, 0.5) is 11.8 Å². The highest BCUT2D eigenvalue weighted by atomic mass is 16.3. The number of hydrogen-bond donors (Lipinski definition) is 3. The summed E-state index contributed by atoms with van der Waals surface area (Å²) in [5.74, 6) is 2.20. The number of aliphatic hydroxyl groups is 1. The van der Waals surface area contributed by atoms with Crippen molar-refractivity contribution in [1.29, 1.82) is 0 Å². The van der Waals surface area contributed by atoms with Crippen LogP contribution in [0, 0.1) is 5.92 Å². The van der Waals surface area contributed by atoms with Gasteiger partial charge in [-0.25, -0.2) is 4.98 Å². The van der Waals surface area contributed by atoms with E-state index in [0.29, 0.717) is 18.3 Å². The van der Waals surface area contributed by atoms with E-state index in [2.05, 4.69) is 25.6 Å². The van der Waals surface area contributed by atoms with Crippen molar-refractivity contribution in [3.63, 3.8) is 0 Å². The molecule has 3 N–H and O–H groups in total. The standard InChI is InChI=1S/C19H23N5O2/c1-13(2)17(12-25)23-19-22-16(14-5-7-20-8-6-14)10-18(24-19)21-11-15-4-3-9-26-15/h3-10,13,17,25H,11-12H2,1-2H3,(H2,21,22,23,24)/t17-/m0/s1. The average molecular weight is 353 g/mol. The molecule has 7 nitrogen and oxygen atoms in total. The van der Waals surface area contributed by atoms with E-state index in [1.54, 1.807) is 18.7 Å². The first kappa shape index (κ1) is 17.9. The third kappa shape index (κ3) is 4.58. The first-order valence-electron chi connectivity index (χ1n) is 8.59. The molecule has 3 aromatic heterocycles. The Morgan fingerprint density at radius 3 is 2.62 bits per heavy atom. The summed E-state index contributed by atoms with van der Waals surface area (Å²) in [6.07, 6.45) is 5.09. The smallest absolute Gasteiger partial charge is 0.225 e. The Kier molecular flexibility index (Phi) is 5.80. The number of pyridine rings is 1. The second kappa shape index (κ2) is 8.44. The molecule has 0 saturated heterocycles. The summed E-state index contributed by atoms with van der Waals surface area (Å²) in [6.45, 7) is 4.61. The Morgan fingerprint density at radius 2 is 1.96 bits per heavy atom. The van der Waals surface area contributed by atoms with E-state index in [1.807, 2.05) is 44.2 Å². The predicted octanol–water partition coefficient (Wildman–Crippen LogP) is 3.17. The minimum Gasteiger partial charge on any atom is -0.467 e. The molecule has 3 rings (SSSR count).